The number of carbonyl (C=O) groups excluding carboxylic acids is 1. The van der Waals surface area contributed by atoms with E-state index in [1.807, 2.05) is 20.8 Å². The summed E-state index contributed by atoms with van der Waals surface area (Å²) in [5.74, 6) is -1.67. The second-order valence-electron chi connectivity index (χ2n) is 5.46. The highest BCUT2D eigenvalue weighted by molar-refractivity contribution is 8.00. The molecule has 0 fully saturated rings. The first-order chi connectivity index (χ1) is 8.62. The van der Waals surface area contributed by atoms with Crippen LogP contribution in [0.2, 0.25) is 0 Å². The molecule has 19 heavy (non-hydrogen) atoms. The van der Waals surface area contributed by atoms with Gasteiger partial charge in [-0.3, -0.25) is 9.59 Å². The van der Waals surface area contributed by atoms with Gasteiger partial charge in [0.2, 0.25) is 5.78 Å². The molecule has 0 bridgehead atoms. The number of hydrogen-bond acceptors (Lipinski definition) is 5. The average Bonchev–Trinajstić information content (AvgIpc) is 2.28. The summed E-state index contributed by atoms with van der Waals surface area (Å²) in [6.45, 7) is 5.93. The lowest BCUT2D eigenvalue weighted by Crippen LogP contribution is -2.34. The van der Waals surface area contributed by atoms with Crippen molar-refractivity contribution < 1.29 is 19.8 Å². The number of carbonyl (C=O) groups is 2. The fourth-order valence-corrected chi connectivity index (χ4v) is 2.59. The number of hydrogen-bond donors (Lipinski definition) is 3. The molecule has 0 saturated carbocycles. The van der Waals surface area contributed by atoms with Crippen molar-refractivity contribution in [3.8, 4) is 0 Å². The van der Waals surface area contributed by atoms with Crippen LogP contribution in [0.15, 0.2) is 23.5 Å². The number of aliphatic hydroxyl groups is 1. The lowest BCUT2D eigenvalue weighted by atomic mass is 9.83. The number of aliphatic hydroxyl groups excluding tert-OH is 1. The van der Waals surface area contributed by atoms with Crippen LogP contribution in [-0.4, -0.2) is 39.0 Å². The third-order valence-electron chi connectivity index (χ3n) is 2.77. The zero-order valence-electron chi connectivity index (χ0n) is 11.2. The number of aliphatic carboxylic acids is 1. The van der Waals surface area contributed by atoms with Crippen molar-refractivity contribution in [3.05, 3.63) is 23.5 Å². The summed E-state index contributed by atoms with van der Waals surface area (Å²) < 4.78 is 0. The lowest BCUT2D eigenvalue weighted by Gasteiger charge is -2.26. The van der Waals surface area contributed by atoms with Gasteiger partial charge >= 0.3 is 5.97 Å². The Balaban J connectivity index is 2.83. The molecule has 0 aliphatic heterocycles. The molecular formula is C13H19NO4S. The highest BCUT2D eigenvalue weighted by Gasteiger charge is 2.30. The van der Waals surface area contributed by atoms with Crippen molar-refractivity contribution in [1.29, 1.82) is 0 Å². The molecule has 0 radical (unpaired) electrons. The second-order valence-corrected chi connectivity index (χ2v) is 6.64. The number of rotatable bonds is 4. The summed E-state index contributed by atoms with van der Waals surface area (Å²) >= 11 is 1.13. The number of nitrogens with two attached hydrogens (primary N) is 1. The Morgan fingerprint density at radius 1 is 1.53 bits per heavy atom. The van der Waals surface area contributed by atoms with Gasteiger partial charge in [-0.15, -0.1) is 11.8 Å². The highest BCUT2D eigenvalue weighted by Crippen LogP contribution is 2.33. The van der Waals surface area contributed by atoms with Crippen molar-refractivity contribution in [3.63, 3.8) is 0 Å². The Kier molecular flexibility index (Phi) is 4.81. The molecule has 0 spiro atoms. The molecule has 0 aromatic heterocycles. The van der Waals surface area contributed by atoms with Gasteiger partial charge in [0.25, 0.3) is 0 Å². The van der Waals surface area contributed by atoms with E-state index >= 15 is 0 Å². The summed E-state index contributed by atoms with van der Waals surface area (Å²) in [5.41, 5.74) is 6.07. The second kappa shape index (κ2) is 5.79. The van der Waals surface area contributed by atoms with E-state index in [0.717, 1.165) is 17.3 Å². The maximum absolute atomic E-state index is 11.8. The van der Waals surface area contributed by atoms with E-state index < -0.39 is 23.0 Å². The molecule has 0 aromatic rings. The topological polar surface area (TPSA) is 101 Å². The zero-order valence-corrected chi connectivity index (χ0v) is 12.0. The summed E-state index contributed by atoms with van der Waals surface area (Å²) in [6.07, 6.45) is 3.23. The fraction of sp³-hybridized carbons (Fsp3) is 0.538. The van der Waals surface area contributed by atoms with Gasteiger partial charge in [-0.2, -0.15) is 0 Å². The Bertz CT molecular complexity index is 448. The Hall–Kier alpha value is -1.27. The number of Topliss-reactive ketones (excluding diaryl/α,β-unsaturated/α-hetero) is 1. The van der Waals surface area contributed by atoms with E-state index in [9.17, 15) is 14.7 Å². The third kappa shape index (κ3) is 4.11. The van der Waals surface area contributed by atoms with Crippen LogP contribution in [0.4, 0.5) is 0 Å². The minimum Gasteiger partial charge on any atom is -0.504 e. The van der Waals surface area contributed by atoms with Gasteiger partial charge in [0.05, 0.1) is 5.25 Å². The summed E-state index contributed by atoms with van der Waals surface area (Å²) in [7, 11) is 0. The van der Waals surface area contributed by atoms with Crippen molar-refractivity contribution in [2.75, 3.05) is 5.75 Å². The molecule has 5 nitrogen and oxygen atoms in total. The Labute approximate surface area is 116 Å². The number of carboxylic acid groups (broad SMARTS) is 1. The van der Waals surface area contributed by atoms with Crippen LogP contribution in [0.25, 0.3) is 0 Å². The first-order valence-corrected chi connectivity index (χ1v) is 6.95. The zero-order chi connectivity index (χ0) is 14.8. The third-order valence-corrected chi connectivity index (χ3v) is 4.03. The van der Waals surface area contributed by atoms with Crippen molar-refractivity contribution in [1.82, 2.24) is 0 Å². The smallest absolute Gasteiger partial charge is 0.321 e. The molecule has 6 heteroatoms. The standard InChI is InChI=1S/C13H19NO4S/c1-13(2,3)7-4-9(15)11(16)10(5-7)19-6-8(14)12(17)18/h4-5,8,10,15H,6,14H2,1-3H3,(H,17,18). The van der Waals surface area contributed by atoms with Crippen LogP contribution >= 0.6 is 11.8 Å². The van der Waals surface area contributed by atoms with E-state index in [1.54, 1.807) is 6.08 Å². The van der Waals surface area contributed by atoms with Crippen LogP contribution in [0.3, 0.4) is 0 Å². The summed E-state index contributed by atoms with van der Waals surface area (Å²) in [4.78, 5) is 22.5. The molecule has 1 aliphatic carbocycles. The first kappa shape index (κ1) is 15.8. The lowest BCUT2D eigenvalue weighted by molar-refractivity contribution is -0.137. The van der Waals surface area contributed by atoms with Crippen LogP contribution in [0, 0.1) is 5.41 Å². The van der Waals surface area contributed by atoms with E-state index in [1.165, 1.54) is 6.08 Å². The van der Waals surface area contributed by atoms with E-state index in [0.29, 0.717) is 0 Å². The number of ketones is 1. The first-order valence-electron chi connectivity index (χ1n) is 5.90. The van der Waals surface area contributed by atoms with Crippen molar-refractivity contribution >= 4 is 23.5 Å². The number of carboxylic acids is 1. The van der Waals surface area contributed by atoms with Gasteiger partial charge in [-0.05, 0) is 17.1 Å². The number of thioether (sulfide) groups is 1. The van der Waals surface area contributed by atoms with Gasteiger partial charge in [0.15, 0.2) is 5.76 Å². The molecule has 0 amide bonds. The van der Waals surface area contributed by atoms with Crippen molar-refractivity contribution in [2.45, 2.75) is 32.1 Å². The number of allylic oxidation sites excluding steroid dienone is 3. The summed E-state index contributed by atoms with van der Waals surface area (Å²) in [5, 5.41) is 17.8. The largest absolute Gasteiger partial charge is 0.504 e. The monoisotopic (exact) mass is 285 g/mol. The molecule has 1 rings (SSSR count). The fourth-order valence-electron chi connectivity index (χ4n) is 1.52. The molecule has 0 heterocycles. The van der Waals surface area contributed by atoms with Gasteiger partial charge in [0, 0.05) is 5.75 Å². The van der Waals surface area contributed by atoms with Crippen LogP contribution in [-0.2, 0) is 9.59 Å². The average molecular weight is 285 g/mol. The predicted octanol–water partition coefficient (Wildman–Crippen LogP) is 1.50. The summed E-state index contributed by atoms with van der Waals surface area (Å²) in [6, 6.07) is -1.02. The molecule has 0 aromatic carbocycles. The molecule has 1 aliphatic rings. The maximum atomic E-state index is 11.8. The van der Waals surface area contributed by atoms with E-state index in [-0.39, 0.29) is 16.9 Å². The highest BCUT2D eigenvalue weighted by atomic mass is 32.2. The quantitative estimate of drug-likeness (QED) is 0.723. The van der Waals surface area contributed by atoms with Crippen LogP contribution < -0.4 is 5.73 Å². The van der Waals surface area contributed by atoms with Gasteiger partial charge in [-0.25, -0.2) is 0 Å². The minimum atomic E-state index is -1.10. The normalized spacial score (nSPS) is 21.7. The maximum Gasteiger partial charge on any atom is 0.321 e. The molecular weight excluding hydrogens is 266 g/mol. The molecule has 2 unspecified atom stereocenters. The van der Waals surface area contributed by atoms with Crippen LogP contribution in [0.5, 0.6) is 0 Å². The van der Waals surface area contributed by atoms with E-state index in [2.05, 4.69) is 0 Å². The van der Waals surface area contributed by atoms with Crippen LogP contribution in [0.1, 0.15) is 20.8 Å². The van der Waals surface area contributed by atoms with Gasteiger partial charge < -0.3 is 15.9 Å². The minimum absolute atomic E-state index is 0.118. The molecule has 4 N–H and O–H groups in total. The molecule has 2 atom stereocenters. The van der Waals surface area contributed by atoms with Gasteiger partial charge in [0.1, 0.15) is 6.04 Å². The van der Waals surface area contributed by atoms with Crippen molar-refractivity contribution in [2.24, 2.45) is 11.1 Å². The Morgan fingerprint density at radius 2 is 2.11 bits per heavy atom. The predicted molar refractivity (Wildman–Crippen MR) is 75.1 cm³/mol. The van der Waals surface area contributed by atoms with E-state index in [4.69, 9.17) is 10.8 Å². The molecule has 0 saturated heterocycles. The molecule has 106 valence electrons. The van der Waals surface area contributed by atoms with Gasteiger partial charge in [-0.1, -0.05) is 26.8 Å². The Morgan fingerprint density at radius 3 is 2.58 bits per heavy atom. The SMILES string of the molecule is CC(C)(C)C1=CC(SCC(N)C(=O)O)C(=O)C(O)=C1.